The maximum Gasteiger partial charge on any atom is 0.260 e. The lowest BCUT2D eigenvalue weighted by Gasteiger charge is -2.21. The molecule has 20 heavy (non-hydrogen) atoms. The third-order valence-electron chi connectivity index (χ3n) is 3.43. The Morgan fingerprint density at radius 2 is 2.25 bits per heavy atom. The van der Waals surface area contributed by atoms with E-state index in [-0.39, 0.29) is 18.3 Å². The molecule has 0 aromatic heterocycles. The fourth-order valence-electron chi connectivity index (χ4n) is 2.23. The number of amides is 1. The molecule has 1 amide bonds. The van der Waals surface area contributed by atoms with Crippen LogP contribution in [0, 0.1) is 5.82 Å². The molecule has 1 aliphatic carbocycles. The van der Waals surface area contributed by atoms with E-state index in [4.69, 9.17) is 4.74 Å². The second-order valence-corrected chi connectivity index (χ2v) is 5.06. The van der Waals surface area contributed by atoms with E-state index < -0.39 is 11.9 Å². The molecule has 1 N–H and O–H groups in total. The molecule has 110 valence electrons. The SMILES string of the molecule is CCN(C(=O)COc1cc(F)ccc1[C@H](C)O)C1CC1. The number of carbonyl (C=O) groups is 1. The van der Waals surface area contributed by atoms with E-state index in [1.165, 1.54) is 18.2 Å². The lowest BCUT2D eigenvalue weighted by Crippen LogP contribution is -2.36. The first-order valence-corrected chi connectivity index (χ1v) is 6.92. The summed E-state index contributed by atoms with van der Waals surface area (Å²) in [5, 5.41) is 9.62. The Balaban J connectivity index is 2.02. The highest BCUT2D eigenvalue weighted by atomic mass is 19.1. The maximum atomic E-state index is 13.2. The third kappa shape index (κ3) is 3.48. The van der Waals surface area contributed by atoms with Gasteiger partial charge in [-0.1, -0.05) is 0 Å². The van der Waals surface area contributed by atoms with Gasteiger partial charge in [0.1, 0.15) is 11.6 Å². The highest BCUT2D eigenvalue weighted by molar-refractivity contribution is 5.78. The monoisotopic (exact) mass is 281 g/mol. The van der Waals surface area contributed by atoms with E-state index in [0.717, 1.165) is 12.8 Å². The van der Waals surface area contributed by atoms with Crippen molar-refractivity contribution in [2.24, 2.45) is 0 Å². The van der Waals surface area contributed by atoms with Crippen molar-refractivity contribution in [3.05, 3.63) is 29.6 Å². The second-order valence-electron chi connectivity index (χ2n) is 5.06. The van der Waals surface area contributed by atoms with Gasteiger partial charge >= 0.3 is 0 Å². The maximum absolute atomic E-state index is 13.2. The summed E-state index contributed by atoms with van der Waals surface area (Å²) < 4.78 is 18.7. The smallest absolute Gasteiger partial charge is 0.260 e. The van der Waals surface area contributed by atoms with Gasteiger partial charge in [-0.2, -0.15) is 0 Å². The first kappa shape index (κ1) is 14.8. The molecule has 0 unspecified atom stereocenters. The number of aliphatic hydroxyl groups excluding tert-OH is 1. The van der Waals surface area contributed by atoms with Crippen molar-refractivity contribution in [2.75, 3.05) is 13.2 Å². The average molecular weight is 281 g/mol. The van der Waals surface area contributed by atoms with Crippen molar-refractivity contribution in [1.29, 1.82) is 0 Å². The van der Waals surface area contributed by atoms with E-state index >= 15 is 0 Å². The fraction of sp³-hybridized carbons (Fsp3) is 0.533. The Morgan fingerprint density at radius 1 is 1.55 bits per heavy atom. The number of halogens is 1. The van der Waals surface area contributed by atoms with Crippen LogP contribution in [0.4, 0.5) is 4.39 Å². The molecule has 0 heterocycles. The van der Waals surface area contributed by atoms with Crippen LogP contribution in [0.25, 0.3) is 0 Å². The normalized spacial score (nSPS) is 15.8. The van der Waals surface area contributed by atoms with Crippen molar-refractivity contribution in [3.8, 4) is 5.75 Å². The van der Waals surface area contributed by atoms with E-state index in [0.29, 0.717) is 18.2 Å². The van der Waals surface area contributed by atoms with Crippen LogP contribution in [0.5, 0.6) is 5.75 Å². The highest BCUT2D eigenvalue weighted by Gasteiger charge is 2.31. The first-order valence-electron chi connectivity index (χ1n) is 6.92. The lowest BCUT2D eigenvalue weighted by atomic mass is 10.1. The van der Waals surface area contributed by atoms with E-state index in [9.17, 15) is 14.3 Å². The Labute approximate surface area is 118 Å². The Hall–Kier alpha value is -1.62. The molecule has 1 atom stereocenters. The number of hydrogen-bond acceptors (Lipinski definition) is 3. The minimum absolute atomic E-state index is 0.101. The lowest BCUT2D eigenvalue weighted by molar-refractivity contribution is -0.133. The largest absolute Gasteiger partial charge is 0.483 e. The first-order chi connectivity index (χ1) is 9.52. The van der Waals surface area contributed by atoms with Gasteiger partial charge in [0, 0.05) is 24.2 Å². The Bertz CT molecular complexity index is 486. The molecule has 0 bridgehead atoms. The molecule has 2 rings (SSSR count). The van der Waals surface area contributed by atoms with Gasteiger partial charge in [-0.25, -0.2) is 4.39 Å². The van der Waals surface area contributed by atoms with Crippen molar-refractivity contribution in [1.82, 2.24) is 4.90 Å². The van der Waals surface area contributed by atoms with E-state index in [1.807, 2.05) is 6.92 Å². The number of nitrogens with zero attached hydrogens (tertiary/aromatic N) is 1. The van der Waals surface area contributed by atoms with Gasteiger partial charge < -0.3 is 14.7 Å². The summed E-state index contributed by atoms with van der Waals surface area (Å²) in [5.74, 6) is -0.331. The number of likely N-dealkylation sites (N-methyl/N-ethyl adjacent to an activating group) is 1. The van der Waals surface area contributed by atoms with Gasteiger partial charge in [-0.05, 0) is 38.8 Å². The van der Waals surface area contributed by atoms with Crippen LogP contribution in [0.1, 0.15) is 38.4 Å². The van der Waals surface area contributed by atoms with Gasteiger partial charge in [0.05, 0.1) is 6.10 Å². The van der Waals surface area contributed by atoms with Crippen LogP contribution in [0.2, 0.25) is 0 Å². The summed E-state index contributed by atoms with van der Waals surface area (Å²) in [6.45, 7) is 4.02. The predicted molar refractivity (Wildman–Crippen MR) is 72.9 cm³/mol. The molecule has 0 aliphatic heterocycles. The van der Waals surface area contributed by atoms with Gasteiger partial charge in [-0.15, -0.1) is 0 Å². The number of rotatable bonds is 6. The Morgan fingerprint density at radius 3 is 2.80 bits per heavy atom. The van der Waals surface area contributed by atoms with Gasteiger partial charge in [-0.3, -0.25) is 4.79 Å². The van der Waals surface area contributed by atoms with Crippen LogP contribution in [-0.4, -0.2) is 35.1 Å². The minimum Gasteiger partial charge on any atom is -0.483 e. The molecule has 5 heteroatoms. The predicted octanol–water partition coefficient (Wildman–Crippen LogP) is 2.27. The average Bonchev–Trinajstić information content (AvgIpc) is 3.21. The van der Waals surface area contributed by atoms with Crippen LogP contribution < -0.4 is 4.74 Å². The van der Waals surface area contributed by atoms with Gasteiger partial charge in [0.25, 0.3) is 5.91 Å². The quantitative estimate of drug-likeness (QED) is 0.870. The molecule has 1 saturated carbocycles. The molecule has 4 nitrogen and oxygen atoms in total. The van der Waals surface area contributed by atoms with E-state index in [2.05, 4.69) is 0 Å². The molecule has 1 aromatic rings. The third-order valence-corrected chi connectivity index (χ3v) is 3.43. The molecule has 1 aliphatic rings. The summed E-state index contributed by atoms with van der Waals surface area (Å²) >= 11 is 0. The standard InChI is InChI=1S/C15H20FNO3/c1-3-17(12-5-6-12)15(19)9-20-14-8-11(16)4-7-13(14)10(2)18/h4,7-8,10,12,18H,3,5-6,9H2,1-2H3/t10-/m0/s1. The number of carbonyl (C=O) groups excluding carboxylic acids is 1. The second kappa shape index (κ2) is 6.22. The number of benzene rings is 1. The van der Waals surface area contributed by atoms with Crippen molar-refractivity contribution in [2.45, 2.75) is 38.8 Å². The fourth-order valence-corrected chi connectivity index (χ4v) is 2.23. The molecule has 0 spiro atoms. The summed E-state index contributed by atoms with van der Waals surface area (Å²) in [5.41, 5.74) is 0.480. The van der Waals surface area contributed by atoms with Crippen molar-refractivity contribution < 1.29 is 19.0 Å². The molecular formula is C15H20FNO3. The van der Waals surface area contributed by atoms with Crippen LogP contribution in [-0.2, 0) is 4.79 Å². The summed E-state index contributed by atoms with van der Waals surface area (Å²) in [7, 11) is 0. The zero-order valence-corrected chi connectivity index (χ0v) is 11.8. The van der Waals surface area contributed by atoms with Crippen LogP contribution in [0.15, 0.2) is 18.2 Å². The summed E-state index contributed by atoms with van der Waals surface area (Å²) in [4.78, 5) is 13.8. The number of ether oxygens (including phenoxy) is 1. The topological polar surface area (TPSA) is 49.8 Å². The van der Waals surface area contributed by atoms with Crippen molar-refractivity contribution >= 4 is 5.91 Å². The molecule has 0 radical (unpaired) electrons. The zero-order chi connectivity index (χ0) is 14.7. The van der Waals surface area contributed by atoms with Gasteiger partial charge in [0.15, 0.2) is 6.61 Å². The number of hydrogen-bond donors (Lipinski definition) is 1. The number of aliphatic hydroxyl groups is 1. The van der Waals surface area contributed by atoms with Gasteiger partial charge in [0.2, 0.25) is 0 Å². The van der Waals surface area contributed by atoms with Crippen LogP contribution >= 0.6 is 0 Å². The molecular weight excluding hydrogens is 261 g/mol. The Kier molecular flexibility index (Phi) is 4.60. The molecule has 0 saturated heterocycles. The zero-order valence-electron chi connectivity index (χ0n) is 11.8. The minimum atomic E-state index is -0.772. The molecule has 1 aromatic carbocycles. The summed E-state index contributed by atoms with van der Waals surface area (Å²) in [6, 6.07) is 4.26. The van der Waals surface area contributed by atoms with Crippen LogP contribution in [0.3, 0.4) is 0 Å². The van der Waals surface area contributed by atoms with E-state index in [1.54, 1.807) is 11.8 Å². The molecule has 1 fully saturated rings. The highest BCUT2D eigenvalue weighted by Crippen LogP contribution is 2.28. The summed E-state index contributed by atoms with van der Waals surface area (Å²) in [6.07, 6.45) is 1.31. The van der Waals surface area contributed by atoms with Crippen molar-refractivity contribution in [3.63, 3.8) is 0 Å².